The van der Waals surface area contributed by atoms with Crippen molar-refractivity contribution >= 4 is 27.9 Å². The zero-order chi connectivity index (χ0) is 3.58. The van der Waals surface area contributed by atoms with Crippen LogP contribution in [0, 0.1) is 0 Å². The first-order valence-electron chi connectivity index (χ1n) is 0.582. The molecule has 0 bridgehead atoms. The summed E-state index contributed by atoms with van der Waals surface area (Å²) in [6, 6.07) is 0. The van der Waals surface area contributed by atoms with Crippen LogP contribution in [0.4, 0.5) is 4.79 Å². The molecule has 0 aliphatic carbocycles. The molecule has 0 unspecified atom stereocenters. The Morgan fingerprint density at radius 3 is 1.50 bits per heavy atom. The normalized spacial score (nSPS) is 6.50. The summed E-state index contributed by atoms with van der Waals surface area (Å²) in [5.41, 5.74) is 0. The van der Waals surface area contributed by atoms with Crippen LogP contribution in [0.3, 0.4) is 0 Å². The Balaban J connectivity index is 2.80. The van der Waals surface area contributed by atoms with Gasteiger partial charge in [-0.05, 0) is 23.2 Å². The van der Waals surface area contributed by atoms with Gasteiger partial charge >= 0.3 is 4.70 Å². The molecule has 0 N–H and O–H groups in total. The molecule has 0 rings (SSSR count). The summed E-state index contributed by atoms with van der Waals surface area (Å²) in [7, 11) is 0. The number of rotatable bonds is 0. The fraction of sp³-hybridized carbons (Fsp3) is 0. The van der Waals surface area contributed by atoms with Crippen LogP contribution in [0.15, 0.2) is 0 Å². The first kappa shape index (κ1) is 4.25. The van der Waals surface area contributed by atoms with Crippen LogP contribution >= 0.6 is 23.2 Å². The number of carbonyl (C=O) groups is 1. The van der Waals surface area contributed by atoms with Crippen molar-refractivity contribution in [1.29, 1.82) is 0 Å². The Morgan fingerprint density at radius 1 is 1.50 bits per heavy atom. The lowest BCUT2D eigenvalue weighted by Gasteiger charge is -1.48. The summed E-state index contributed by atoms with van der Waals surface area (Å²) in [5, 5.41) is 0. The second-order valence-corrected chi connectivity index (χ2v) is 1.11. The molecule has 0 aliphatic rings. The highest BCUT2D eigenvalue weighted by atomic mass is 35.5. The number of hydrogen-bond acceptors (Lipinski definition) is 1. The molecule has 3 heteroatoms. The van der Waals surface area contributed by atoms with Crippen molar-refractivity contribution < 1.29 is 4.79 Å². The van der Waals surface area contributed by atoms with Crippen molar-refractivity contribution in [1.82, 2.24) is 0 Å². The maximum Gasteiger partial charge on any atom is 0.313 e. The van der Waals surface area contributed by atoms with E-state index in [-0.39, 0.29) is 0 Å². The fourth-order valence-corrected chi connectivity index (χ4v) is 0. The molecule has 0 aromatic heterocycles. The first-order valence-corrected chi connectivity index (χ1v) is 1.34. The van der Waals surface area contributed by atoms with E-state index >= 15 is 0 Å². The van der Waals surface area contributed by atoms with Crippen molar-refractivity contribution in [3.05, 3.63) is 0 Å². The van der Waals surface area contributed by atoms with Crippen LogP contribution in [0.2, 0.25) is 0 Å². The third kappa shape index (κ3) is 56.3. The molecule has 0 heterocycles. The second-order valence-electron chi connectivity index (χ2n) is 0.226. The topological polar surface area (TPSA) is 17.1 Å². The lowest BCUT2D eigenvalue weighted by atomic mass is 11.8. The average Bonchev–Trinajstić information content (AvgIpc) is 0.811. The van der Waals surface area contributed by atoms with Crippen LogP contribution in [0.1, 0.15) is 0 Å². The lowest BCUT2D eigenvalue weighted by Crippen LogP contribution is -1.46. The molecule has 1 nitrogen and oxygen atoms in total. The maximum atomic E-state index is 8.98. The van der Waals surface area contributed by atoms with Gasteiger partial charge in [0.15, 0.2) is 0 Å². The lowest BCUT2D eigenvalue weighted by molar-refractivity contribution is 0.275. The fourth-order valence-electron chi connectivity index (χ4n) is 0. The number of hydrogen-bond donors (Lipinski definition) is 0. The molecule has 0 aromatic carbocycles. The summed E-state index contributed by atoms with van der Waals surface area (Å²) >= 11 is 8.80. The minimum Gasteiger partial charge on any atom is -0.262 e. The van der Waals surface area contributed by atoms with Gasteiger partial charge in [0, 0.05) is 0 Å². The average molecular weight is 101 g/mol. The van der Waals surface area contributed by atoms with E-state index < -0.39 is 4.70 Å². The van der Waals surface area contributed by atoms with E-state index in [2.05, 4.69) is 23.2 Å². The quantitative estimate of drug-likeness (QED) is 0.334. The zero-order valence-electron chi connectivity index (χ0n) is 1.66. The van der Waals surface area contributed by atoms with Crippen molar-refractivity contribution in [2.75, 3.05) is 0 Å². The van der Waals surface area contributed by atoms with Gasteiger partial charge in [0.1, 0.15) is 0 Å². The van der Waals surface area contributed by atoms with Crippen molar-refractivity contribution in [2.45, 2.75) is 0 Å². The Kier molecular flexibility index (Phi) is 1.66. The Hall–Kier alpha value is 0.250. The van der Waals surface area contributed by atoms with Gasteiger partial charge in [0.05, 0.1) is 0 Å². The number of carbonyl (C=O) groups excluding carboxylic acids is 1. The minimum absolute atomic E-state index is 0.889. The van der Waals surface area contributed by atoms with Gasteiger partial charge in [0.25, 0.3) is 0 Å². The Labute approximate surface area is 33.5 Å². The molecule has 0 saturated carbocycles. The van der Waals surface area contributed by atoms with Crippen LogP contribution in [0.5, 0.6) is 0 Å². The van der Waals surface area contributed by atoms with Crippen LogP contribution < -0.4 is 0 Å². The summed E-state index contributed by atoms with van der Waals surface area (Å²) < 4.78 is -0.889. The predicted octanol–water partition coefficient (Wildman–Crippen LogP) is 1.58. The van der Waals surface area contributed by atoms with Crippen LogP contribution in [-0.2, 0) is 0 Å². The summed E-state index contributed by atoms with van der Waals surface area (Å²) in [6.45, 7) is 0. The number of halogens is 2. The third-order valence-electron chi connectivity index (χ3n) is 0. The van der Waals surface area contributed by atoms with Gasteiger partial charge < -0.3 is 0 Å². The van der Waals surface area contributed by atoms with E-state index in [9.17, 15) is 0 Å². The highest BCUT2D eigenvalue weighted by molar-refractivity contribution is 6.93. The highest BCUT2D eigenvalue weighted by Crippen LogP contribution is 1.84. The van der Waals surface area contributed by atoms with Crippen molar-refractivity contribution in [3.8, 4) is 0 Å². The first-order chi connectivity index (χ1) is 1.73. The van der Waals surface area contributed by atoms with Crippen molar-refractivity contribution in [2.24, 2.45) is 0 Å². The van der Waals surface area contributed by atoms with E-state index in [0.29, 0.717) is 0 Å². The van der Waals surface area contributed by atoms with Gasteiger partial charge in [-0.1, -0.05) is 0 Å². The van der Waals surface area contributed by atoms with Crippen LogP contribution in [-0.4, -0.2) is 4.70 Å². The molecule has 0 fully saturated rings. The summed E-state index contributed by atoms with van der Waals surface area (Å²) in [6.07, 6.45) is 0. The van der Waals surface area contributed by atoms with Gasteiger partial charge in [-0.15, -0.1) is 0 Å². The highest BCUT2D eigenvalue weighted by Gasteiger charge is 1.72. The molecule has 4 heavy (non-hydrogen) atoms. The van der Waals surface area contributed by atoms with Gasteiger partial charge in [-0.2, -0.15) is 0 Å². The molecule has 0 saturated heterocycles. The van der Waals surface area contributed by atoms with E-state index in [1.54, 1.807) is 0 Å². The Bertz CT molecular complexity index is 29.0. The van der Waals surface area contributed by atoms with E-state index in [1.807, 2.05) is 0 Å². The SMILES string of the molecule is [18O]=C(Cl)Cl. The summed E-state index contributed by atoms with van der Waals surface area (Å²) in [4.78, 5) is 8.98. The largest absolute Gasteiger partial charge is 0.313 e. The standard InChI is InChI=1S/CCl2O/c2-1(3)4/i4+2. The second kappa shape index (κ2) is 1.56. The van der Waals surface area contributed by atoms with E-state index in [1.165, 1.54) is 0 Å². The van der Waals surface area contributed by atoms with Gasteiger partial charge in [-0.25, -0.2) is 0 Å². The monoisotopic (exact) mass is 99.9 g/mol. The van der Waals surface area contributed by atoms with Gasteiger partial charge in [-0.3, -0.25) is 4.79 Å². The van der Waals surface area contributed by atoms with Gasteiger partial charge in [0.2, 0.25) is 0 Å². The molecular weight excluding hydrogens is 101 g/mol. The predicted molar refractivity (Wildman–Crippen MR) is 17.1 cm³/mol. The minimum atomic E-state index is -0.889. The molecule has 0 radical (unpaired) electrons. The molecule has 0 aliphatic heterocycles. The zero-order valence-corrected chi connectivity index (χ0v) is 3.18. The third-order valence-corrected chi connectivity index (χ3v) is 0. The molecule has 0 atom stereocenters. The molecule has 0 spiro atoms. The van der Waals surface area contributed by atoms with E-state index in [4.69, 9.17) is 4.79 Å². The van der Waals surface area contributed by atoms with E-state index in [0.717, 1.165) is 0 Å². The summed E-state index contributed by atoms with van der Waals surface area (Å²) in [5.74, 6) is 0. The maximum absolute atomic E-state index is 8.98. The Morgan fingerprint density at radius 2 is 1.50 bits per heavy atom. The molecule has 0 aromatic rings. The molecule has 24 valence electrons. The van der Waals surface area contributed by atoms with Crippen molar-refractivity contribution in [3.63, 3.8) is 0 Å². The smallest absolute Gasteiger partial charge is 0.262 e. The molecular formula is CCl2O. The van der Waals surface area contributed by atoms with Crippen LogP contribution in [0.25, 0.3) is 0 Å². The molecule has 0 amide bonds.